The van der Waals surface area contributed by atoms with Gasteiger partial charge in [-0.3, -0.25) is 9.59 Å². The lowest BCUT2D eigenvalue weighted by molar-refractivity contribution is -0.145. The molecule has 0 unspecified atom stereocenters. The van der Waals surface area contributed by atoms with Crippen LogP contribution < -0.4 is 5.32 Å². The van der Waals surface area contributed by atoms with Gasteiger partial charge in [0.2, 0.25) is 5.91 Å². The number of esters is 1. The molecular weight excluding hydrogens is 242 g/mol. The minimum atomic E-state index is -0.547. The van der Waals surface area contributed by atoms with Crippen LogP contribution in [0, 0.1) is 6.92 Å². The van der Waals surface area contributed by atoms with Crippen molar-refractivity contribution in [1.29, 1.82) is 0 Å². The van der Waals surface area contributed by atoms with E-state index in [4.69, 9.17) is 11.6 Å². The van der Waals surface area contributed by atoms with Gasteiger partial charge in [-0.05, 0) is 25.5 Å². The van der Waals surface area contributed by atoms with Gasteiger partial charge in [0, 0.05) is 0 Å². The molecular formula is C12H14ClNO3. The van der Waals surface area contributed by atoms with E-state index in [0.29, 0.717) is 10.7 Å². The van der Waals surface area contributed by atoms with Crippen LogP contribution in [0.25, 0.3) is 0 Å². The summed E-state index contributed by atoms with van der Waals surface area (Å²) in [6.45, 7) is 3.77. The number of benzene rings is 1. The lowest BCUT2D eigenvalue weighted by atomic mass is 10.2. The number of carbonyl (C=O) groups excluding carboxylic acids is 2. The standard InChI is InChI=1S/C12H14ClNO3/c1-3-17-11(16)7-10(15)14-12-8(2)5-4-6-9(12)13/h4-6H,3,7H2,1-2H3,(H,14,15). The molecule has 0 spiro atoms. The van der Waals surface area contributed by atoms with Crippen LogP contribution in [0.5, 0.6) is 0 Å². The van der Waals surface area contributed by atoms with Gasteiger partial charge < -0.3 is 10.1 Å². The van der Waals surface area contributed by atoms with Crippen molar-refractivity contribution in [2.75, 3.05) is 11.9 Å². The Hall–Kier alpha value is -1.55. The van der Waals surface area contributed by atoms with E-state index in [0.717, 1.165) is 5.56 Å². The van der Waals surface area contributed by atoms with Gasteiger partial charge in [-0.2, -0.15) is 0 Å². The average Bonchev–Trinajstić information content (AvgIpc) is 2.24. The highest BCUT2D eigenvalue weighted by atomic mass is 35.5. The Morgan fingerprint density at radius 2 is 2.12 bits per heavy atom. The summed E-state index contributed by atoms with van der Waals surface area (Å²) in [6, 6.07) is 5.29. The van der Waals surface area contributed by atoms with Crippen LogP contribution in [0.2, 0.25) is 5.02 Å². The summed E-state index contributed by atoms with van der Waals surface area (Å²) < 4.78 is 4.68. The highest BCUT2D eigenvalue weighted by molar-refractivity contribution is 6.34. The van der Waals surface area contributed by atoms with Crippen molar-refractivity contribution in [1.82, 2.24) is 0 Å². The normalized spacial score (nSPS) is 9.82. The summed E-state index contributed by atoms with van der Waals surface area (Å²) in [5, 5.41) is 3.04. The van der Waals surface area contributed by atoms with Gasteiger partial charge in [0.05, 0.1) is 17.3 Å². The second-order valence-electron chi connectivity index (χ2n) is 3.46. The number of halogens is 1. The minimum Gasteiger partial charge on any atom is -0.466 e. The first kappa shape index (κ1) is 13.5. The Kier molecular flexibility index (Phi) is 4.97. The smallest absolute Gasteiger partial charge is 0.315 e. The second kappa shape index (κ2) is 6.25. The van der Waals surface area contributed by atoms with Crippen molar-refractivity contribution < 1.29 is 14.3 Å². The SMILES string of the molecule is CCOC(=O)CC(=O)Nc1c(C)cccc1Cl. The molecule has 0 radical (unpaired) electrons. The van der Waals surface area contributed by atoms with Gasteiger partial charge in [-0.15, -0.1) is 0 Å². The molecule has 1 aromatic rings. The van der Waals surface area contributed by atoms with Crippen molar-refractivity contribution in [3.05, 3.63) is 28.8 Å². The second-order valence-corrected chi connectivity index (χ2v) is 3.87. The molecule has 0 fully saturated rings. The molecule has 1 aromatic carbocycles. The molecule has 0 aliphatic carbocycles. The van der Waals surface area contributed by atoms with Crippen LogP contribution >= 0.6 is 11.6 Å². The molecule has 1 N–H and O–H groups in total. The van der Waals surface area contributed by atoms with Gasteiger partial charge in [-0.1, -0.05) is 23.7 Å². The molecule has 0 aliphatic heterocycles. The lowest BCUT2D eigenvalue weighted by Gasteiger charge is -2.09. The van der Waals surface area contributed by atoms with Gasteiger partial charge in [0.1, 0.15) is 6.42 Å². The zero-order valence-electron chi connectivity index (χ0n) is 9.75. The lowest BCUT2D eigenvalue weighted by Crippen LogP contribution is -2.18. The van der Waals surface area contributed by atoms with Crippen molar-refractivity contribution >= 4 is 29.2 Å². The number of nitrogens with one attached hydrogen (secondary N) is 1. The summed E-state index contributed by atoms with van der Waals surface area (Å²) >= 11 is 5.94. The van der Waals surface area contributed by atoms with Crippen LogP contribution in [0.4, 0.5) is 5.69 Å². The Bertz CT molecular complexity index is 412. The number of carbonyl (C=O) groups is 2. The molecule has 0 bridgehead atoms. The fourth-order valence-electron chi connectivity index (χ4n) is 1.32. The maximum atomic E-state index is 11.5. The van der Waals surface area contributed by atoms with E-state index in [2.05, 4.69) is 10.1 Å². The van der Waals surface area contributed by atoms with Gasteiger partial charge in [0.15, 0.2) is 0 Å². The highest BCUT2D eigenvalue weighted by Gasteiger charge is 2.12. The van der Waals surface area contributed by atoms with E-state index < -0.39 is 11.9 Å². The number of ether oxygens (including phenoxy) is 1. The Balaban J connectivity index is 2.65. The number of hydrogen-bond acceptors (Lipinski definition) is 3. The van der Waals surface area contributed by atoms with E-state index in [1.165, 1.54) is 0 Å². The number of amides is 1. The molecule has 0 saturated heterocycles. The zero-order chi connectivity index (χ0) is 12.8. The van der Waals surface area contributed by atoms with Gasteiger partial charge in [0.25, 0.3) is 0 Å². The van der Waals surface area contributed by atoms with Crippen molar-refractivity contribution in [2.45, 2.75) is 20.3 Å². The fourth-order valence-corrected chi connectivity index (χ4v) is 1.59. The third kappa shape index (κ3) is 4.07. The quantitative estimate of drug-likeness (QED) is 0.664. The van der Waals surface area contributed by atoms with Gasteiger partial charge >= 0.3 is 5.97 Å². The maximum absolute atomic E-state index is 11.5. The van der Waals surface area contributed by atoms with E-state index in [-0.39, 0.29) is 13.0 Å². The maximum Gasteiger partial charge on any atom is 0.315 e. The number of para-hydroxylation sites is 1. The Morgan fingerprint density at radius 1 is 1.41 bits per heavy atom. The molecule has 0 aliphatic rings. The molecule has 1 amide bonds. The fraction of sp³-hybridized carbons (Fsp3) is 0.333. The first-order valence-corrected chi connectivity index (χ1v) is 5.63. The molecule has 92 valence electrons. The topological polar surface area (TPSA) is 55.4 Å². The molecule has 5 heteroatoms. The predicted molar refractivity (Wildman–Crippen MR) is 66.1 cm³/mol. The average molecular weight is 256 g/mol. The summed E-state index contributed by atoms with van der Waals surface area (Å²) in [5.74, 6) is -0.977. The number of rotatable bonds is 4. The van der Waals surface area contributed by atoms with E-state index >= 15 is 0 Å². The van der Waals surface area contributed by atoms with E-state index in [9.17, 15) is 9.59 Å². The molecule has 0 aromatic heterocycles. The monoisotopic (exact) mass is 255 g/mol. The van der Waals surface area contributed by atoms with Crippen LogP contribution in [0.1, 0.15) is 18.9 Å². The Morgan fingerprint density at radius 3 is 2.71 bits per heavy atom. The van der Waals surface area contributed by atoms with E-state index in [1.54, 1.807) is 19.1 Å². The minimum absolute atomic E-state index is 0.261. The summed E-state index contributed by atoms with van der Waals surface area (Å²) in [7, 11) is 0. The van der Waals surface area contributed by atoms with Crippen LogP contribution in [-0.4, -0.2) is 18.5 Å². The highest BCUT2D eigenvalue weighted by Crippen LogP contribution is 2.25. The van der Waals surface area contributed by atoms with Crippen LogP contribution in [0.15, 0.2) is 18.2 Å². The zero-order valence-corrected chi connectivity index (χ0v) is 10.5. The summed E-state index contributed by atoms with van der Waals surface area (Å²) in [6.07, 6.45) is -0.307. The third-order valence-electron chi connectivity index (χ3n) is 2.10. The molecule has 17 heavy (non-hydrogen) atoms. The molecule has 0 saturated carbocycles. The first-order valence-electron chi connectivity index (χ1n) is 5.25. The first-order chi connectivity index (χ1) is 8.04. The predicted octanol–water partition coefficient (Wildman–Crippen LogP) is 2.54. The summed E-state index contributed by atoms with van der Waals surface area (Å²) in [4.78, 5) is 22.6. The Labute approximate surface area is 105 Å². The molecule has 1 rings (SSSR count). The van der Waals surface area contributed by atoms with Gasteiger partial charge in [-0.25, -0.2) is 0 Å². The number of hydrogen-bond donors (Lipinski definition) is 1. The van der Waals surface area contributed by atoms with Crippen molar-refractivity contribution in [3.8, 4) is 0 Å². The summed E-state index contributed by atoms with van der Waals surface area (Å²) in [5.41, 5.74) is 1.37. The van der Waals surface area contributed by atoms with Crippen molar-refractivity contribution in [3.63, 3.8) is 0 Å². The number of aryl methyl sites for hydroxylation is 1. The molecule has 0 atom stereocenters. The molecule has 4 nitrogen and oxygen atoms in total. The van der Waals surface area contributed by atoms with E-state index in [1.807, 2.05) is 13.0 Å². The third-order valence-corrected chi connectivity index (χ3v) is 2.41. The largest absolute Gasteiger partial charge is 0.466 e. The van der Waals surface area contributed by atoms with Crippen LogP contribution in [-0.2, 0) is 14.3 Å². The van der Waals surface area contributed by atoms with Crippen LogP contribution in [0.3, 0.4) is 0 Å². The molecule has 0 heterocycles. The number of anilines is 1. The van der Waals surface area contributed by atoms with Crippen molar-refractivity contribution in [2.24, 2.45) is 0 Å².